The molecule has 0 unspecified atom stereocenters. The largest absolute Gasteiger partial charge is 0.354 e. The van der Waals surface area contributed by atoms with E-state index in [-0.39, 0.29) is 18.7 Å². The summed E-state index contributed by atoms with van der Waals surface area (Å²) in [5.74, 6) is -3.56. The molecule has 0 heterocycles. The molecule has 0 aliphatic carbocycles. The molecule has 0 aliphatic rings. The van der Waals surface area contributed by atoms with E-state index in [9.17, 15) is 26.8 Å². The Kier molecular flexibility index (Phi) is 10.4. The number of carbonyl (C=O) groups excluding carboxylic acids is 2. The Hall–Kier alpha value is -3.50. The molecule has 3 aromatic carbocycles. The van der Waals surface area contributed by atoms with Crippen LogP contribution >= 0.6 is 11.6 Å². The molecule has 39 heavy (non-hydrogen) atoms. The summed E-state index contributed by atoms with van der Waals surface area (Å²) in [6, 6.07) is 17.4. The van der Waals surface area contributed by atoms with Crippen molar-refractivity contribution in [2.45, 2.75) is 32.4 Å². The monoisotopic (exact) mass is 577 g/mol. The van der Waals surface area contributed by atoms with E-state index in [1.807, 2.05) is 37.3 Å². The molecule has 0 aliphatic heterocycles. The van der Waals surface area contributed by atoms with Crippen molar-refractivity contribution in [1.29, 1.82) is 0 Å². The molecule has 3 aromatic rings. The molecular formula is C28H30ClF2N3O4S. The van der Waals surface area contributed by atoms with E-state index in [1.165, 1.54) is 4.90 Å². The topological polar surface area (TPSA) is 86.8 Å². The number of hydrogen-bond donors (Lipinski definition) is 1. The average molecular weight is 578 g/mol. The van der Waals surface area contributed by atoms with E-state index in [0.717, 1.165) is 24.0 Å². The highest BCUT2D eigenvalue weighted by molar-refractivity contribution is 7.92. The first-order valence-electron chi connectivity index (χ1n) is 12.3. The molecular weight excluding hydrogens is 548 g/mol. The SMILES string of the molecule is CCCNC(=O)[C@H](Cc1ccccc1)N(Cc1ccccc1Cl)C(=O)CN(c1ccc(F)c(F)c1)S(C)(=O)=O. The summed E-state index contributed by atoms with van der Waals surface area (Å²) in [4.78, 5) is 28.6. The quantitative estimate of drug-likeness (QED) is 0.342. The highest BCUT2D eigenvalue weighted by Gasteiger charge is 2.33. The third-order valence-corrected chi connectivity index (χ3v) is 7.50. The lowest BCUT2D eigenvalue weighted by atomic mass is 10.0. The van der Waals surface area contributed by atoms with E-state index in [2.05, 4.69) is 5.32 Å². The third kappa shape index (κ3) is 8.24. The minimum atomic E-state index is -4.11. The van der Waals surface area contributed by atoms with Gasteiger partial charge in [0, 0.05) is 30.6 Å². The molecule has 1 atom stereocenters. The number of benzene rings is 3. The van der Waals surface area contributed by atoms with Crippen LogP contribution in [-0.2, 0) is 32.6 Å². The molecule has 0 saturated heterocycles. The molecule has 208 valence electrons. The van der Waals surface area contributed by atoms with E-state index in [4.69, 9.17) is 11.6 Å². The molecule has 0 saturated carbocycles. The van der Waals surface area contributed by atoms with Gasteiger partial charge in [0.1, 0.15) is 12.6 Å². The molecule has 0 bridgehead atoms. The van der Waals surface area contributed by atoms with Crippen LogP contribution in [0.25, 0.3) is 0 Å². The second-order valence-corrected chi connectivity index (χ2v) is 11.3. The first kappa shape index (κ1) is 30.0. The first-order chi connectivity index (χ1) is 18.5. The highest BCUT2D eigenvalue weighted by atomic mass is 35.5. The van der Waals surface area contributed by atoms with Crippen molar-refractivity contribution in [2.75, 3.05) is 23.7 Å². The predicted octanol–water partition coefficient (Wildman–Crippen LogP) is 4.55. The molecule has 0 spiro atoms. The van der Waals surface area contributed by atoms with Crippen LogP contribution in [0.3, 0.4) is 0 Å². The van der Waals surface area contributed by atoms with Gasteiger partial charge in [0.05, 0.1) is 11.9 Å². The van der Waals surface area contributed by atoms with Gasteiger partial charge in [-0.15, -0.1) is 0 Å². The Labute approximate surface area is 232 Å². The second-order valence-electron chi connectivity index (χ2n) is 8.98. The van der Waals surface area contributed by atoms with Crippen LogP contribution in [-0.4, -0.2) is 50.5 Å². The Morgan fingerprint density at radius 2 is 1.64 bits per heavy atom. The lowest BCUT2D eigenvalue weighted by molar-refractivity contribution is -0.140. The minimum Gasteiger partial charge on any atom is -0.354 e. The number of nitrogens with one attached hydrogen (secondary N) is 1. The zero-order chi connectivity index (χ0) is 28.6. The number of sulfonamides is 1. The molecule has 0 fully saturated rings. The number of nitrogens with zero attached hydrogens (tertiary/aromatic N) is 2. The molecule has 7 nitrogen and oxygen atoms in total. The van der Waals surface area contributed by atoms with Gasteiger partial charge in [-0.05, 0) is 35.7 Å². The Morgan fingerprint density at radius 1 is 0.974 bits per heavy atom. The van der Waals surface area contributed by atoms with Crippen LogP contribution in [0.4, 0.5) is 14.5 Å². The maximum atomic E-state index is 14.0. The van der Waals surface area contributed by atoms with E-state index in [0.29, 0.717) is 33.9 Å². The maximum absolute atomic E-state index is 14.0. The predicted molar refractivity (Wildman–Crippen MR) is 148 cm³/mol. The fourth-order valence-corrected chi connectivity index (χ4v) is 5.02. The number of rotatable bonds is 12. The number of halogens is 3. The smallest absolute Gasteiger partial charge is 0.244 e. The summed E-state index contributed by atoms with van der Waals surface area (Å²) in [5, 5.41) is 3.19. The highest BCUT2D eigenvalue weighted by Crippen LogP contribution is 2.24. The zero-order valence-electron chi connectivity index (χ0n) is 21.6. The normalized spacial score (nSPS) is 12.0. The van der Waals surface area contributed by atoms with E-state index < -0.39 is 46.1 Å². The lowest BCUT2D eigenvalue weighted by Gasteiger charge is -2.33. The Balaban J connectivity index is 2.06. The number of hydrogen-bond acceptors (Lipinski definition) is 4. The summed E-state index contributed by atoms with van der Waals surface area (Å²) in [7, 11) is -4.11. The van der Waals surface area contributed by atoms with Crippen LogP contribution in [0.1, 0.15) is 24.5 Å². The van der Waals surface area contributed by atoms with Crippen molar-refractivity contribution >= 4 is 39.1 Å². The maximum Gasteiger partial charge on any atom is 0.244 e. The van der Waals surface area contributed by atoms with Gasteiger partial charge in [-0.1, -0.05) is 67.1 Å². The molecule has 0 aromatic heterocycles. The molecule has 2 amide bonds. The lowest BCUT2D eigenvalue weighted by Crippen LogP contribution is -2.53. The summed E-state index contributed by atoms with van der Waals surface area (Å²) in [5.41, 5.74) is 1.11. The van der Waals surface area contributed by atoms with Crippen LogP contribution in [0.5, 0.6) is 0 Å². The minimum absolute atomic E-state index is 0.0923. The van der Waals surface area contributed by atoms with Gasteiger partial charge in [0.25, 0.3) is 0 Å². The molecule has 0 radical (unpaired) electrons. The fourth-order valence-electron chi connectivity index (χ4n) is 3.98. The van der Waals surface area contributed by atoms with Crippen LogP contribution in [0, 0.1) is 11.6 Å². The van der Waals surface area contributed by atoms with Crippen molar-refractivity contribution in [3.63, 3.8) is 0 Å². The summed E-state index contributed by atoms with van der Waals surface area (Å²) in [6.07, 6.45) is 1.67. The number of amides is 2. The summed E-state index contributed by atoms with van der Waals surface area (Å²) < 4.78 is 53.6. The van der Waals surface area contributed by atoms with Gasteiger partial charge in [-0.25, -0.2) is 17.2 Å². The van der Waals surface area contributed by atoms with Crippen molar-refractivity contribution in [1.82, 2.24) is 10.2 Å². The van der Waals surface area contributed by atoms with Crippen LogP contribution in [0.2, 0.25) is 5.02 Å². The van der Waals surface area contributed by atoms with Gasteiger partial charge in [0.15, 0.2) is 11.6 Å². The molecule has 11 heteroatoms. The number of anilines is 1. The van der Waals surface area contributed by atoms with Gasteiger partial charge >= 0.3 is 0 Å². The van der Waals surface area contributed by atoms with Crippen LogP contribution < -0.4 is 9.62 Å². The Morgan fingerprint density at radius 3 is 2.26 bits per heavy atom. The standard InChI is InChI=1S/C28H30ClF2N3O4S/c1-3-15-32-28(36)26(16-20-9-5-4-6-10-20)33(18-21-11-7-8-12-23(21)29)27(35)19-34(39(2,37)38)22-13-14-24(30)25(31)17-22/h4-14,17,26H,3,15-16,18-19H2,1-2H3,(H,32,36)/t26-/m0/s1. The van der Waals surface area contributed by atoms with Crippen molar-refractivity contribution < 1.29 is 26.8 Å². The van der Waals surface area contributed by atoms with Gasteiger partial charge < -0.3 is 10.2 Å². The van der Waals surface area contributed by atoms with Gasteiger partial charge in [-0.2, -0.15) is 0 Å². The van der Waals surface area contributed by atoms with Crippen LogP contribution in [0.15, 0.2) is 72.8 Å². The van der Waals surface area contributed by atoms with Crippen molar-refractivity contribution in [2.24, 2.45) is 0 Å². The van der Waals surface area contributed by atoms with Crippen molar-refractivity contribution in [3.05, 3.63) is 101 Å². The fraction of sp³-hybridized carbons (Fsp3) is 0.286. The summed E-state index contributed by atoms with van der Waals surface area (Å²) >= 11 is 6.39. The first-order valence-corrected chi connectivity index (χ1v) is 14.5. The number of carbonyl (C=O) groups is 2. The Bertz CT molecular complexity index is 1410. The van der Waals surface area contributed by atoms with E-state index in [1.54, 1.807) is 24.3 Å². The second kappa shape index (κ2) is 13.5. The van der Waals surface area contributed by atoms with Gasteiger partial charge in [0.2, 0.25) is 21.8 Å². The van der Waals surface area contributed by atoms with Gasteiger partial charge in [-0.3, -0.25) is 13.9 Å². The van der Waals surface area contributed by atoms with E-state index >= 15 is 0 Å². The molecule has 1 N–H and O–H groups in total. The summed E-state index contributed by atoms with van der Waals surface area (Å²) in [6.45, 7) is 1.43. The zero-order valence-corrected chi connectivity index (χ0v) is 23.2. The third-order valence-electron chi connectivity index (χ3n) is 5.99. The molecule has 3 rings (SSSR count). The average Bonchev–Trinajstić information content (AvgIpc) is 2.90. The van der Waals surface area contributed by atoms with Crippen molar-refractivity contribution in [3.8, 4) is 0 Å².